The van der Waals surface area contributed by atoms with E-state index in [2.05, 4.69) is 27.0 Å². The van der Waals surface area contributed by atoms with Crippen molar-refractivity contribution in [1.82, 2.24) is 5.32 Å². The van der Waals surface area contributed by atoms with Gasteiger partial charge in [0.2, 0.25) is 0 Å². The number of aliphatic carboxylic acids is 1. The lowest BCUT2D eigenvalue weighted by Gasteiger charge is -2.39. The summed E-state index contributed by atoms with van der Waals surface area (Å²) in [7, 11) is 0. The fraction of sp³-hybridized carbons (Fsp3) is 0.688. The maximum atomic E-state index is 11.5. The zero-order valence-electron chi connectivity index (χ0n) is 12.3. The van der Waals surface area contributed by atoms with E-state index >= 15 is 0 Å². The van der Waals surface area contributed by atoms with Gasteiger partial charge < -0.3 is 15.3 Å². The van der Waals surface area contributed by atoms with Crippen molar-refractivity contribution in [3.8, 4) is 0 Å². The Morgan fingerprint density at radius 1 is 1.24 bits per heavy atom. The zero-order chi connectivity index (χ0) is 14.7. The second-order valence-electron chi connectivity index (χ2n) is 6.36. The smallest absolute Gasteiger partial charge is 0.308 e. The van der Waals surface area contributed by atoms with Crippen LogP contribution in [0.15, 0.2) is 16.8 Å². The molecule has 0 radical (unpaired) electrons. The summed E-state index contributed by atoms with van der Waals surface area (Å²) in [6, 6.07) is 2.97. The summed E-state index contributed by atoms with van der Waals surface area (Å²) >= 11 is 1.67. The molecule has 5 heteroatoms. The van der Waals surface area contributed by atoms with Gasteiger partial charge >= 0.3 is 5.97 Å². The quantitative estimate of drug-likeness (QED) is 0.898. The molecule has 1 saturated carbocycles. The van der Waals surface area contributed by atoms with Crippen molar-refractivity contribution in [3.63, 3.8) is 0 Å². The normalized spacial score (nSPS) is 27.7. The molecule has 3 rings (SSSR count). The van der Waals surface area contributed by atoms with Crippen LogP contribution >= 0.6 is 11.3 Å². The van der Waals surface area contributed by atoms with Gasteiger partial charge in [-0.3, -0.25) is 4.79 Å². The molecule has 2 atom stereocenters. The molecule has 1 aromatic rings. The van der Waals surface area contributed by atoms with Crippen molar-refractivity contribution in [1.29, 1.82) is 0 Å². The first-order valence-corrected chi connectivity index (χ1v) is 8.92. The van der Waals surface area contributed by atoms with Crippen LogP contribution < -0.4 is 10.2 Å². The van der Waals surface area contributed by atoms with Crippen molar-refractivity contribution in [2.75, 3.05) is 18.0 Å². The van der Waals surface area contributed by atoms with Crippen molar-refractivity contribution in [3.05, 3.63) is 16.8 Å². The van der Waals surface area contributed by atoms with Gasteiger partial charge in [0.25, 0.3) is 0 Å². The third-order valence-corrected chi connectivity index (χ3v) is 5.42. The molecule has 1 saturated heterocycles. The molecule has 1 aromatic heterocycles. The average Bonchev–Trinajstić information content (AvgIpc) is 3.02. The van der Waals surface area contributed by atoms with Crippen molar-refractivity contribution in [2.24, 2.45) is 5.92 Å². The summed E-state index contributed by atoms with van der Waals surface area (Å²) < 4.78 is 0. The molecule has 0 spiro atoms. The predicted molar refractivity (Wildman–Crippen MR) is 86.1 cm³/mol. The van der Waals surface area contributed by atoms with Crippen LogP contribution in [-0.4, -0.2) is 36.2 Å². The van der Waals surface area contributed by atoms with Gasteiger partial charge in [-0.25, -0.2) is 0 Å². The van der Waals surface area contributed by atoms with E-state index in [0.29, 0.717) is 18.6 Å². The standard InChI is InChI=1S/C16H24N2O2S/c19-16(20)12-8-14(17-13-4-2-1-3-5-13)10-18(9-12)15-6-7-21-11-15/h6-7,11-14,17H,1-5,8-10H2,(H,19,20). The minimum absolute atomic E-state index is 0.264. The second kappa shape index (κ2) is 6.79. The predicted octanol–water partition coefficient (Wildman–Crippen LogP) is 2.95. The number of anilines is 1. The molecule has 0 amide bonds. The summed E-state index contributed by atoms with van der Waals surface area (Å²) in [6.45, 7) is 1.56. The van der Waals surface area contributed by atoms with Gasteiger partial charge in [-0.05, 0) is 30.7 Å². The molecular formula is C16H24N2O2S. The van der Waals surface area contributed by atoms with E-state index in [-0.39, 0.29) is 5.92 Å². The van der Waals surface area contributed by atoms with Crippen LogP contribution in [-0.2, 0) is 4.79 Å². The van der Waals surface area contributed by atoms with Gasteiger partial charge in [-0.2, -0.15) is 11.3 Å². The van der Waals surface area contributed by atoms with Crippen molar-refractivity contribution in [2.45, 2.75) is 50.6 Å². The lowest BCUT2D eigenvalue weighted by molar-refractivity contribution is -0.142. The Kier molecular flexibility index (Phi) is 4.80. The van der Waals surface area contributed by atoms with E-state index in [9.17, 15) is 9.90 Å². The van der Waals surface area contributed by atoms with E-state index in [1.54, 1.807) is 11.3 Å². The third kappa shape index (κ3) is 3.77. The number of rotatable bonds is 4. The van der Waals surface area contributed by atoms with E-state index < -0.39 is 5.97 Å². The summed E-state index contributed by atoms with van der Waals surface area (Å²) in [5.74, 6) is -0.926. The average molecular weight is 308 g/mol. The Hall–Kier alpha value is -1.07. The molecule has 4 nitrogen and oxygen atoms in total. The topological polar surface area (TPSA) is 52.6 Å². The molecule has 2 unspecified atom stereocenters. The maximum absolute atomic E-state index is 11.5. The van der Waals surface area contributed by atoms with E-state index in [1.807, 2.05) is 0 Å². The van der Waals surface area contributed by atoms with Gasteiger partial charge in [0.1, 0.15) is 0 Å². The number of thiophene rings is 1. The Balaban J connectivity index is 1.66. The van der Waals surface area contributed by atoms with Crippen molar-refractivity contribution >= 4 is 23.0 Å². The summed E-state index contributed by atoms with van der Waals surface area (Å²) in [6.07, 6.45) is 7.20. The van der Waals surface area contributed by atoms with Gasteiger partial charge in [0, 0.05) is 36.2 Å². The molecule has 2 heterocycles. The van der Waals surface area contributed by atoms with Crippen LogP contribution in [0.3, 0.4) is 0 Å². The highest BCUT2D eigenvalue weighted by Crippen LogP contribution is 2.27. The number of hydrogen-bond acceptors (Lipinski definition) is 4. The minimum Gasteiger partial charge on any atom is -0.481 e. The Bertz CT molecular complexity index is 457. The molecule has 1 aliphatic carbocycles. The number of hydrogen-bond donors (Lipinski definition) is 2. The zero-order valence-corrected chi connectivity index (χ0v) is 13.1. The number of carboxylic acids is 1. The molecule has 116 valence electrons. The van der Waals surface area contributed by atoms with Crippen LogP contribution in [0.1, 0.15) is 38.5 Å². The van der Waals surface area contributed by atoms with Gasteiger partial charge in [0.15, 0.2) is 0 Å². The van der Waals surface area contributed by atoms with Crippen LogP contribution in [0.25, 0.3) is 0 Å². The Morgan fingerprint density at radius 2 is 2.05 bits per heavy atom. The van der Waals surface area contributed by atoms with Crippen LogP contribution in [0.2, 0.25) is 0 Å². The lowest BCUT2D eigenvalue weighted by atomic mass is 9.90. The number of carboxylic acid groups (broad SMARTS) is 1. The Morgan fingerprint density at radius 3 is 2.71 bits per heavy atom. The third-order valence-electron chi connectivity index (χ3n) is 4.75. The summed E-state index contributed by atoms with van der Waals surface area (Å²) in [4.78, 5) is 13.7. The first kappa shape index (κ1) is 14.9. The van der Waals surface area contributed by atoms with E-state index in [1.165, 1.54) is 37.8 Å². The number of piperidine rings is 1. The van der Waals surface area contributed by atoms with E-state index in [0.717, 1.165) is 13.0 Å². The van der Waals surface area contributed by atoms with Gasteiger partial charge in [-0.15, -0.1) is 0 Å². The molecule has 0 aromatic carbocycles. The number of nitrogens with zero attached hydrogens (tertiary/aromatic N) is 1. The summed E-state index contributed by atoms with van der Waals surface area (Å²) in [5.41, 5.74) is 1.17. The fourth-order valence-electron chi connectivity index (χ4n) is 3.65. The molecule has 21 heavy (non-hydrogen) atoms. The highest BCUT2D eigenvalue weighted by Gasteiger charge is 2.32. The summed E-state index contributed by atoms with van der Waals surface area (Å²) in [5, 5.41) is 17.3. The number of carbonyl (C=O) groups is 1. The molecule has 1 aliphatic heterocycles. The molecule has 2 aliphatic rings. The highest BCUT2D eigenvalue weighted by atomic mass is 32.1. The Labute approximate surface area is 130 Å². The molecule has 2 fully saturated rings. The minimum atomic E-state index is -0.662. The SMILES string of the molecule is O=C(O)C1CC(NC2CCCCC2)CN(c2ccsc2)C1. The number of nitrogens with one attached hydrogen (secondary N) is 1. The second-order valence-corrected chi connectivity index (χ2v) is 7.14. The van der Waals surface area contributed by atoms with Crippen LogP contribution in [0.5, 0.6) is 0 Å². The lowest BCUT2D eigenvalue weighted by Crippen LogP contribution is -2.53. The molecule has 2 N–H and O–H groups in total. The highest BCUT2D eigenvalue weighted by molar-refractivity contribution is 7.08. The first-order valence-electron chi connectivity index (χ1n) is 7.98. The maximum Gasteiger partial charge on any atom is 0.308 e. The van der Waals surface area contributed by atoms with Crippen LogP contribution in [0, 0.1) is 5.92 Å². The van der Waals surface area contributed by atoms with Crippen LogP contribution in [0.4, 0.5) is 5.69 Å². The molecule has 0 bridgehead atoms. The first-order chi connectivity index (χ1) is 10.2. The largest absolute Gasteiger partial charge is 0.481 e. The van der Waals surface area contributed by atoms with Crippen molar-refractivity contribution < 1.29 is 9.90 Å². The van der Waals surface area contributed by atoms with Gasteiger partial charge in [0.05, 0.1) is 5.92 Å². The molecular weight excluding hydrogens is 284 g/mol. The van der Waals surface area contributed by atoms with E-state index in [4.69, 9.17) is 0 Å². The monoisotopic (exact) mass is 308 g/mol. The van der Waals surface area contributed by atoms with Gasteiger partial charge in [-0.1, -0.05) is 19.3 Å². The fourth-order valence-corrected chi connectivity index (χ4v) is 4.31.